The molecule has 0 bridgehead atoms. The first kappa shape index (κ1) is 27.8. The molecular weight excluding hydrogens is 568 g/mol. The fourth-order valence-corrected chi connectivity index (χ4v) is 4.69. The number of carboxylic acids is 1. The molecule has 0 saturated heterocycles. The summed E-state index contributed by atoms with van der Waals surface area (Å²) in [6, 6.07) is 19.7. The van der Waals surface area contributed by atoms with Crippen LogP contribution in [0, 0.1) is 0 Å². The number of aromatic carboxylic acids is 1. The molecule has 0 amide bonds. The van der Waals surface area contributed by atoms with Gasteiger partial charge < -0.3 is 26.0 Å². The molecule has 0 spiro atoms. The molecule has 0 radical (unpaired) electrons. The van der Waals surface area contributed by atoms with Crippen LogP contribution in [0.3, 0.4) is 0 Å². The second-order valence-corrected chi connectivity index (χ2v) is 9.99. The number of nitrogens with one attached hydrogen (secondary N) is 2. The van der Waals surface area contributed by atoms with Crippen molar-refractivity contribution in [3.8, 4) is 11.8 Å². The maximum Gasteiger partial charge on any atom is 0.337 e. The van der Waals surface area contributed by atoms with E-state index in [4.69, 9.17) is 5.90 Å². The summed E-state index contributed by atoms with van der Waals surface area (Å²) in [5, 5.41) is 44.7. The van der Waals surface area contributed by atoms with Gasteiger partial charge in [-0.2, -0.15) is 33.6 Å². The smallest absolute Gasteiger partial charge is 0.337 e. The Morgan fingerprint density at radius 1 is 0.857 bits per heavy atom. The summed E-state index contributed by atoms with van der Waals surface area (Å²) in [6.45, 7) is 0. The summed E-state index contributed by atoms with van der Waals surface area (Å²) < 4.78 is 29.5. The third-order valence-electron chi connectivity index (χ3n) is 5.77. The Bertz CT molecular complexity index is 1950. The van der Waals surface area contributed by atoms with E-state index in [0.29, 0.717) is 5.69 Å². The molecule has 5 rings (SSSR count). The Labute approximate surface area is 237 Å². The van der Waals surface area contributed by atoms with Crippen LogP contribution in [0.2, 0.25) is 0 Å². The van der Waals surface area contributed by atoms with Crippen molar-refractivity contribution >= 4 is 61.5 Å². The number of anilines is 4. The highest BCUT2D eigenvalue weighted by Crippen LogP contribution is 2.45. The van der Waals surface area contributed by atoms with E-state index >= 15 is 0 Å². The zero-order valence-corrected chi connectivity index (χ0v) is 22.0. The van der Waals surface area contributed by atoms with E-state index in [1.165, 1.54) is 36.4 Å². The number of phenolic OH excluding ortho intramolecular Hbond substituents is 1. The van der Waals surface area contributed by atoms with Crippen LogP contribution in [0.25, 0.3) is 10.8 Å². The van der Waals surface area contributed by atoms with Crippen molar-refractivity contribution < 1.29 is 32.8 Å². The van der Waals surface area contributed by atoms with Crippen LogP contribution in [-0.4, -0.2) is 44.7 Å². The third kappa shape index (κ3) is 5.75. The van der Waals surface area contributed by atoms with Gasteiger partial charge in [-0.3, -0.25) is 0 Å². The zero-order chi connectivity index (χ0) is 29.9. The molecule has 0 fully saturated rings. The highest BCUT2D eigenvalue weighted by molar-refractivity contribution is 7.86. The number of phenols is 1. The number of azo groups is 1. The number of aromatic hydroxyl groups is 2. The van der Waals surface area contributed by atoms with Gasteiger partial charge >= 0.3 is 22.1 Å². The van der Waals surface area contributed by atoms with Gasteiger partial charge in [0.2, 0.25) is 11.9 Å². The number of carboxylic acid groups (broad SMARTS) is 1. The largest absolute Gasteiger partial charge is 0.505 e. The Balaban J connectivity index is 1.63. The van der Waals surface area contributed by atoms with Crippen LogP contribution in [0.15, 0.2) is 94.0 Å². The number of fused-ring (bicyclic) bond motifs is 1. The number of nitrogens with zero attached hydrogens (tertiary/aromatic N) is 5. The minimum absolute atomic E-state index is 0.0146. The molecule has 1 heterocycles. The number of benzene rings is 4. The molecule has 5 aromatic rings. The predicted molar refractivity (Wildman–Crippen MR) is 150 cm³/mol. The van der Waals surface area contributed by atoms with Crippen molar-refractivity contribution in [3.05, 3.63) is 84.4 Å². The number of hydrogen-bond donors (Lipinski definition) is 6. The molecule has 0 atom stereocenters. The fourth-order valence-electron chi connectivity index (χ4n) is 3.94. The van der Waals surface area contributed by atoms with Crippen molar-refractivity contribution in [3.63, 3.8) is 0 Å². The number of hydrogen-bond acceptors (Lipinski definition) is 14. The topological polar surface area (TPSA) is 235 Å². The quantitative estimate of drug-likeness (QED) is 0.102. The Morgan fingerprint density at radius 2 is 1.55 bits per heavy atom. The molecule has 7 N–H and O–H groups in total. The van der Waals surface area contributed by atoms with E-state index in [1.807, 2.05) is 6.07 Å². The third-order valence-corrected chi connectivity index (χ3v) is 6.87. The molecule has 0 unspecified atom stereocenters. The van der Waals surface area contributed by atoms with E-state index in [-0.39, 0.29) is 39.6 Å². The molecule has 0 aliphatic carbocycles. The van der Waals surface area contributed by atoms with Gasteiger partial charge in [0.1, 0.15) is 16.3 Å². The fraction of sp³-hybridized carbons (Fsp3) is 0. The number of nitrogens with two attached hydrogens (primary N) is 1. The van der Waals surface area contributed by atoms with Crippen molar-refractivity contribution in [2.24, 2.45) is 16.1 Å². The standard InChI is InChI=1S/C26H20N8O7S/c27-41-42(39,40)19-13-14-7-6-12-18(29-25-30-24(31-26(38)32-25)28-15-8-2-1-3-9-15)20(14)22(35)21(19)34-33-17-11-5-4-10-16(17)23(36)37/h1-13,35H,27H2,(H,36,37)(H3,28,29,30,31,32,38). The maximum atomic E-state index is 12.7. The Kier molecular flexibility index (Phi) is 7.57. The van der Waals surface area contributed by atoms with Crippen LogP contribution in [-0.2, 0) is 14.4 Å². The molecule has 4 aromatic carbocycles. The van der Waals surface area contributed by atoms with Crippen LogP contribution in [0.1, 0.15) is 10.4 Å². The van der Waals surface area contributed by atoms with Gasteiger partial charge in [-0.25, -0.2) is 4.79 Å². The number of aromatic nitrogens is 3. The van der Waals surface area contributed by atoms with E-state index in [1.54, 1.807) is 30.3 Å². The van der Waals surface area contributed by atoms with Gasteiger partial charge in [0, 0.05) is 11.1 Å². The summed E-state index contributed by atoms with van der Waals surface area (Å²) >= 11 is 0. The molecule has 0 aliphatic rings. The summed E-state index contributed by atoms with van der Waals surface area (Å²) in [4.78, 5) is 22.9. The van der Waals surface area contributed by atoms with Crippen LogP contribution < -0.4 is 16.5 Å². The highest BCUT2D eigenvalue weighted by atomic mass is 32.2. The van der Waals surface area contributed by atoms with Gasteiger partial charge in [-0.05, 0) is 41.8 Å². The molecule has 16 heteroatoms. The molecule has 15 nitrogen and oxygen atoms in total. The predicted octanol–water partition coefficient (Wildman–Crippen LogP) is 4.62. The first-order valence-corrected chi connectivity index (χ1v) is 13.3. The molecule has 0 saturated carbocycles. The lowest BCUT2D eigenvalue weighted by molar-refractivity contribution is 0.0697. The molecule has 212 valence electrons. The first-order valence-electron chi connectivity index (χ1n) is 11.9. The zero-order valence-electron chi connectivity index (χ0n) is 21.2. The van der Waals surface area contributed by atoms with Gasteiger partial charge in [0.15, 0.2) is 5.75 Å². The summed E-state index contributed by atoms with van der Waals surface area (Å²) in [7, 11) is -4.63. The number of carbonyl (C=O) groups is 1. The number of rotatable bonds is 9. The van der Waals surface area contributed by atoms with Gasteiger partial charge in [0.25, 0.3) is 0 Å². The first-order chi connectivity index (χ1) is 20.2. The van der Waals surface area contributed by atoms with E-state index in [9.17, 15) is 28.5 Å². The molecule has 0 aliphatic heterocycles. The molecule has 42 heavy (non-hydrogen) atoms. The number of para-hydroxylation sites is 1. The lowest BCUT2D eigenvalue weighted by atomic mass is 10.1. The SMILES string of the molecule is NOS(=O)(=O)c1cc2cccc(Nc3nc(O)nc(Nc4ccccc4)n3)c2c(O)c1N=Nc1ccccc1C(=O)O. The second-order valence-electron chi connectivity index (χ2n) is 8.45. The molecular formula is C26H20N8O7S. The Morgan fingerprint density at radius 3 is 2.26 bits per heavy atom. The van der Waals surface area contributed by atoms with Crippen LogP contribution >= 0.6 is 0 Å². The lowest BCUT2D eigenvalue weighted by Gasteiger charge is -2.14. The monoisotopic (exact) mass is 588 g/mol. The average Bonchev–Trinajstić information content (AvgIpc) is 2.97. The summed E-state index contributed by atoms with van der Waals surface area (Å²) in [5.74, 6) is 2.95. The van der Waals surface area contributed by atoms with Crippen LogP contribution in [0.4, 0.5) is 34.6 Å². The summed E-state index contributed by atoms with van der Waals surface area (Å²) in [5.41, 5.74) is -0.0641. The molecule has 1 aromatic heterocycles. The van der Waals surface area contributed by atoms with E-state index in [0.717, 1.165) is 6.07 Å². The van der Waals surface area contributed by atoms with Gasteiger partial charge in [0.05, 0.1) is 11.3 Å². The van der Waals surface area contributed by atoms with Crippen LogP contribution in [0.5, 0.6) is 11.8 Å². The van der Waals surface area contributed by atoms with Crippen molar-refractivity contribution in [2.45, 2.75) is 4.90 Å². The maximum absolute atomic E-state index is 12.7. The van der Waals surface area contributed by atoms with Crippen molar-refractivity contribution in [2.75, 3.05) is 10.6 Å². The van der Waals surface area contributed by atoms with E-state index < -0.39 is 38.4 Å². The minimum atomic E-state index is -4.63. The van der Waals surface area contributed by atoms with E-state index in [2.05, 4.69) is 40.1 Å². The summed E-state index contributed by atoms with van der Waals surface area (Å²) in [6.07, 6.45) is 0. The Hall–Kier alpha value is -5.71. The lowest BCUT2D eigenvalue weighted by Crippen LogP contribution is -2.11. The second kappa shape index (κ2) is 11.4. The van der Waals surface area contributed by atoms with Crippen molar-refractivity contribution in [1.82, 2.24) is 15.0 Å². The normalized spacial score (nSPS) is 11.5. The van der Waals surface area contributed by atoms with Gasteiger partial charge in [-0.1, -0.05) is 42.5 Å². The average molecular weight is 589 g/mol. The minimum Gasteiger partial charge on any atom is -0.505 e. The van der Waals surface area contributed by atoms with Gasteiger partial charge in [-0.15, -0.1) is 10.2 Å². The highest BCUT2D eigenvalue weighted by Gasteiger charge is 2.26. The van der Waals surface area contributed by atoms with Crippen molar-refractivity contribution in [1.29, 1.82) is 0 Å².